The van der Waals surface area contributed by atoms with Crippen molar-refractivity contribution >= 4 is 0 Å². The molecule has 1 nitrogen and oxygen atoms in total. The summed E-state index contributed by atoms with van der Waals surface area (Å²) in [4.78, 5) is 2.36. The van der Waals surface area contributed by atoms with Crippen molar-refractivity contribution in [3.63, 3.8) is 0 Å². The highest BCUT2D eigenvalue weighted by atomic mass is 15.1. The highest BCUT2D eigenvalue weighted by molar-refractivity contribution is 5.21. The molecule has 0 aliphatic heterocycles. The summed E-state index contributed by atoms with van der Waals surface area (Å²) < 4.78 is 0. The van der Waals surface area contributed by atoms with Crippen molar-refractivity contribution < 1.29 is 0 Å². The predicted octanol–water partition coefficient (Wildman–Crippen LogP) is 5.47. The van der Waals surface area contributed by atoms with E-state index in [4.69, 9.17) is 0 Å². The van der Waals surface area contributed by atoms with Crippen LogP contribution in [0.15, 0.2) is 24.3 Å². The number of unbranched alkanes of at least 4 members (excludes halogenated alkanes) is 2. The van der Waals surface area contributed by atoms with Crippen LogP contribution in [0.5, 0.6) is 0 Å². The lowest BCUT2D eigenvalue weighted by atomic mass is 10.1. The van der Waals surface area contributed by atoms with E-state index in [0.717, 1.165) is 0 Å². The minimum absolute atomic E-state index is 1.24. The molecule has 1 aromatic rings. The Labute approximate surface area is 127 Å². The standard InChI is InChI=1S/C12H18.C7H17N/c1-3-4-5-6-12-9-7-11(2)8-10-12;1-4-6-8(3)7-5-2/h7-10H,3-6H2,1-2H3;4-7H2,1-3H3. The predicted molar refractivity (Wildman–Crippen MR) is 92.5 cm³/mol. The Kier molecular flexibility index (Phi) is 12.6. The van der Waals surface area contributed by atoms with Crippen LogP contribution in [0, 0.1) is 6.92 Å². The van der Waals surface area contributed by atoms with Gasteiger partial charge in [-0.05, 0) is 58.3 Å². The zero-order chi connectivity index (χ0) is 15.2. The van der Waals surface area contributed by atoms with Crippen molar-refractivity contribution in [2.75, 3.05) is 20.1 Å². The minimum atomic E-state index is 1.24. The molecule has 1 heteroatoms. The fourth-order valence-corrected chi connectivity index (χ4v) is 2.21. The normalized spacial score (nSPS) is 10.3. The van der Waals surface area contributed by atoms with Crippen LogP contribution in [0.4, 0.5) is 0 Å². The van der Waals surface area contributed by atoms with Gasteiger partial charge in [0.05, 0.1) is 0 Å². The van der Waals surface area contributed by atoms with Crippen LogP contribution in [0.25, 0.3) is 0 Å². The zero-order valence-electron chi connectivity index (χ0n) is 14.4. The van der Waals surface area contributed by atoms with E-state index in [2.05, 4.69) is 63.9 Å². The molecule has 0 radical (unpaired) electrons. The highest BCUT2D eigenvalue weighted by Crippen LogP contribution is 2.07. The summed E-state index contributed by atoms with van der Waals surface area (Å²) in [7, 11) is 2.17. The van der Waals surface area contributed by atoms with Crippen LogP contribution in [-0.4, -0.2) is 25.0 Å². The van der Waals surface area contributed by atoms with Crippen LogP contribution < -0.4 is 0 Å². The van der Waals surface area contributed by atoms with Gasteiger partial charge in [0.25, 0.3) is 0 Å². The maximum Gasteiger partial charge on any atom is -0.00244 e. The first-order valence-electron chi connectivity index (χ1n) is 8.38. The molecule has 0 unspecified atom stereocenters. The van der Waals surface area contributed by atoms with E-state index in [9.17, 15) is 0 Å². The largest absolute Gasteiger partial charge is 0.306 e. The molecule has 0 saturated heterocycles. The molecule has 0 aliphatic carbocycles. The first-order valence-corrected chi connectivity index (χ1v) is 8.38. The molecule has 20 heavy (non-hydrogen) atoms. The Morgan fingerprint density at radius 3 is 1.80 bits per heavy atom. The van der Waals surface area contributed by atoms with E-state index >= 15 is 0 Å². The topological polar surface area (TPSA) is 3.24 Å². The summed E-state index contributed by atoms with van der Waals surface area (Å²) in [6.45, 7) is 11.3. The third kappa shape index (κ3) is 11.0. The monoisotopic (exact) mass is 277 g/mol. The molecular formula is C19H35N. The number of benzene rings is 1. The van der Waals surface area contributed by atoms with Gasteiger partial charge in [-0.3, -0.25) is 0 Å². The average molecular weight is 277 g/mol. The Morgan fingerprint density at radius 2 is 1.35 bits per heavy atom. The van der Waals surface area contributed by atoms with Crippen molar-refractivity contribution in [2.45, 2.75) is 66.2 Å². The molecule has 0 aromatic heterocycles. The molecule has 0 heterocycles. The van der Waals surface area contributed by atoms with E-state index in [1.165, 1.54) is 62.7 Å². The van der Waals surface area contributed by atoms with Gasteiger partial charge in [0.1, 0.15) is 0 Å². The summed E-state index contributed by atoms with van der Waals surface area (Å²) in [5, 5.41) is 0. The highest BCUT2D eigenvalue weighted by Gasteiger charge is 1.91. The maximum absolute atomic E-state index is 2.36. The van der Waals surface area contributed by atoms with Gasteiger partial charge in [0.2, 0.25) is 0 Å². The number of nitrogens with zero attached hydrogens (tertiary/aromatic N) is 1. The summed E-state index contributed by atoms with van der Waals surface area (Å²) >= 11 is 0. The van der Waals surface area contributed by atoms with Gasteiger partial charge in [-0.1, -0.05) is 63.4 Å². The van der Waals surface area contributed by atoms with Crippen LogP contribution in [0.3, 0.4) is 0 Å². The fraction of sp³-hybridized carbons (Fsp3) is 0.684. The Morgan fingerprint density at radius 1 is 0.800 bits per heavy atom. The minimum Gasteiger partial charge on any atom is -0.306 e. The number of hydrogen-bond acceptors (Lipinski definition) is 1. The molecule has 1 aromatic carbocycles. The van der Waals surface area contributed by atoms with Crippen molar-refractivity contribution in [3.8, 4) is 0 Å². The molecule has 0 bridgehead atoms. The number of hydrogen-bond donors (Lipinski definition) is 0. The summed E-state index contributed by atoms with van der Waals surface area (Å²) in [6, 6.07) is 8.87. The van der Waals surface area contributed by atoms with Crippen molar-refractivity contribution in [2.24, 2.45) is 0 Å². The van der Waals surface area contributed by atoms with Gasteiger partial charge in [-0.2, -0.15) is 0 Å². The van der Waals surface area contributed by atoms with E-state index in [1.807, 2.05) is 0 Å². The third-order valence-electron chi connectivity index (χ3n) is 3.40. The molecular weight excluding hydrogens is 242 g/mol. The summed E-state index contributed by atoms with van der Waals surface area (Å²) in [6.07, 6.45) is 7.79. The second kappa shape index (κ2) is 13.2. The van der Waals surface area contributed by atoms with Gasteiger partial charge in [0, 0.05) is 0 Å². The van der Waals surface area contributed by atoms with Gasteiger partial charge in [0.15, 0.2) is 0 Å². The third-order valence-corrected chi connectivity index (χ3v) is 3.40. The quantitative estimate of drug-likeness (QED) is 0.570. The van der Waals surface area contributed by atoms with E-state index < -0.39 is 0 Å². The summed E-state index contributed by atoms with van der Waals surface area (Å²) in [5.74, 6) is 0. The van der Waals surface area contributed by atoms with E-state index in [1.54, 1.807) is 0 Å². The molecule has 0 spiro atoms. The Balaban J connectivity index is 0.000000396. The number of aryl methyl sites for hydroxylation is 2. The van der Waals surface area contributed by atoms with Crippen LogP contribution in [-0.2, 0) is 6.42 Å². The Bertz CT molecular complexity index is 296. The van der Waals surface area contributed by atoms with Crippen LogP contribution in [0.1, 0.15) is 64.0 Å². The molecule has 1 rings (SSSR count). The van der Waals surface area contributed by atoms with Crippen molar-refractivity contribution in [1.29, 1.82) is 0 Å². The van der Waals surface area contributed by atoms with E-state index in [0.29, 0.717) is 0 Å². The van der Waals surface area contributed by atoms with Crippen LogP contribution >= 0.6 is 0 Å². The Hall–Kier alpha value is -0.820. The first-order chi connectivity index (χ1) is 9.63. The van der Waals surface area contributed by atoms with E-state index in [-0.39, 0.29) is 0 Å². The van der Waals surface area contributed by atoms with Gasteiger partial charge >= 0.3 is 0 Å². The van der Waals surface area contributed by atoms with Gasteiger partial charge in [-0.25, -0.2) is 0 Å². The summed E-state index contributed by atoms with van der Waals surface area (Å²) in [5.41, 5.74) is 2.84. The lowest BCUT2D eigenvalue weighted by Gasteiger charge is -2.12. The van der Waals surface area contributed by atoms with Crippen LogP contribution in [0.2, 0.25) is 0 Å². The lowest BCUT2D eigenvalue weighted by Crippen LogP contribution is -2.19. The SMILES string of the molecule is CCCCCc1ccc(C)cc1.CCCN(C)CCC. The molecule has 0 atom stereocenters. The van der Waals surface area contributed by atoms with Gasteiger partial charge < -0.3 is 4.90 Å². The lowest BCUT2D eigenvalue weighted by molar-refractivity contribution is 0.335. The first kappa shape index (κ1) is 19.2. The maximum atomic E-state index is 2.36. The smallest absolute Gasteiger partial charge is 0.00244 e. The molecule has 116 valence electrons. The van der Waals surface area contributed by atoms with Crippen molar-refractivity contribution in [1.82, 2.24) is 4.90 Å². The molecule has 0 aliphatic rings. The van der Waals surface area contributed by atoms with Crippen molar-refractivity contribution in [3.05, 3.63) is 35.4 Å². The number of rotatable bonds is 8. The second-order valence-electron chi connectivity index (χ2n) is 5.75. The average Bonchev–Trinajstić information content (AvgIpc) is 2.43. The van der Waals surface area contributed by atoms with Gasteiger partial charge in [-0.15, -0.1) is 0 Å². The zero-order valence-corrected chi connectivity index (χ0v) is 14.4. The molecule has 0 N–H and O–H groups in total. The fourth-order valence-electron chi connectivity index (χ4n) is 2.21. The molecule has 0 fully saturated rings. The second-order valence-corrected chi connectivity index (χ2v) is 5.75. The molecule has 0 amide bonds. The molecule has 0 saturated carbocycles.